The topological polar surface area (TPSA) is 79.8 Å². The Labute approximate surface area is 156 Å². The number of hydrogen-bond donors (Lipinski definition) is 2. The van der Waals surface area contributed by atoms with E-state index in [0.717, 1.165) is 16.4 Å². The first-order valence-electron chi connectivity index (χ1n) is 8.48. The van der Waals surface area contributed by atoms with Crippen LogP contribution in [0.5, 0.6) is 0 Å². The van der Waals surface area contributed by atoms with Crippen molar-refractivity contribution in [2.45, 2.75) is 26.2 Å². The molecule has 0 aliphatic heterocycles. The van der Waals surface area contributed by atoms with Crippen molar-refractivity contribution in [1.82, 2.24) is 20.3 Å². The average molecular weight is 367 g/mol. The number of aromatic nitrogens is 3. The number of benzene rings is 1. The lowest BCUT2D eigenvalue weighted by atomic mass is 10.2. The van der Waals surface area contributed by atoms with Crippen molar-refractivity contribution >= 4 is 28.9 Å². The highest BCUT2D eigenvalue weighted by atomic mass is 32.1. The minimum Gasteiger partial charge on any atom is -0.352 e. The summed E-state index contributed by atoms with van der Waals surface area (Å²) in [6, 6.07) is 9.64. The third-order valence-corrected chi connectivity index (χ3v) is 4.87. The molecule has 6 nitrogen and oxygen atoms in total. The van der Waals surface area contributed by atoms with Crippen LogP contribution in [0.4, 0.5) is 11.6 Å². The average Bonchev–Trinajstić information content (AvgIpc) is 3.12. The molecule has 3 rings (SSSR count). The van der Waals surface area contributed by atoms with Crippen molar-refractivity contribution in [1.29, 1.82) is 0 Å². The molecule has 0 aliphatic carbocycles. The normalized spacial score (nSPS) is 10.7. The van der Waals surface area contributed by atoms with Gasteiger partial charge in [-0.25, -0.2) is 15.0 Å². The second-order valence-electron chi connectivity index (χ2n) is 6.12. The maximum absolute atomic E-state index is 12.2. The number of amides is 1. The van der Waals surface area contributed by atoms with Crippen LogP contribution in [-0.4, -0.2) is 27.4 Å². The molecule has 1 amide bonds. The van der Waals surface area contributed by atoms with Crippen LogP contribution in [0.2, 0.25) is 0 Å². The fourth-order valence-corrected chi connectivity index (χ4v) is 3.14. The van der Waals surface area contributed by atoms with Crippen molar-refractivity contribution in [3.63, 3.8) is 0 Å². The first kappa shape index (κ1) is 18.0. The summed E-state index contributed by atoms with van der Waals surface area (Å²) >= 11 is 1.66. The molecule has 134 valence electrons. The number of nitrogens with one attached hydrogen (secondary N) is 2. The predicted molar refractivity (Wildman–Crippen MR) is 104 cm³/mol. The number of rotatable bonds is 7. The van der Waals surface area contributed by atoms with Gasteiger partial charge in [0, 0.05) is 42.3 Å². The van der Waals surface area contributed by atoms with Crippen LogP contribution in [-0.2, 0) is 6.42 Å². The van der Waals surface area contributed by atoms with E-state index >= 15 is 0 Å². The summed E-state index contributed by atoms with van der Waals surface area (Å²) in [5.41, 5.74) is 2.34. The molecule has 0 fully saturated rings. The summed E-state index contributed by atoms with van der Waals surface area (Å²) < 4.78 is 0. The van der Waals surface area contributed by atoms with Gasteiger partial charge < -0.3 is 10.6 Å². The molecule has 0 atom stereocenters. The summed E-state index contributed by atoms with van der Waals surface area (Å²) in [5, 5.41) is 9.14. The Morgan fingerprint density at radius 2 is 1.88 bits per heavy atom. The van der Waals surface area contributed by atoms with E-state index in [1.54, 1.807) is 11.3 Å². The molecule has 2 N–H and O–H groups in total. The molecule has 0 spiro atoms. The first-order valence-corrected chi connectivity index (χ1v) is 9.36. The van der Waals surface area contributed by atoms with E-state index < -0.39 is 0 Å². The third kappa shape index (κ3) is 4.86. The van der Waals surface area contributed by atoms with E-state index in [1.165, 1.54) is 12.4 Å². The van der Waals surface area contributed by atoms with Gasteiger partial charge in [0.15, 0.2) is 0 Å². The van der Waals surface area contributed by atoms with Crippen LogP contribution in [0.25, 0.3) is 0 Å². The second kappa shape index (κ2) is 8.53. The predicted octanol–water partition coefficient (Wildman–Crippen LogP) is 3.77. The highest BCUT2D eigenvalue weighted by molar-refractivity contribution is 7.09. The van der Waals surface area contributed by atoms with Gasteiger partial charge in [0.25, 0.3) is 5.91 Å². The van der Waals surface area contributed by atoms with E-state index in [-0.39, 0.29) is 5.91 Å². The summed E-state index contributed by atoms with van der Waals surface area (Å²) in [7, 11) is 0. The van der Waals surface area contributed by atoms with E-state index in [9.17, 15) is 4.79 Å². The number of nitrogens with zero attached hydrogens (tertiary/aromatic N) is 3. The molecule has 2 aromatic heterocycles. The lowest BCUT2D eigenvalue weighted by molar-refractivity contribution is 0.0953. The number of carbonyl (C=O) groups is 1. The van der Waals surface area contributed by atoms with Gasteiger partial charge in [0.2, 0.25) is 5.95 Å². The standard InChI is InChI=1S/C19H21N5OS/c1-13(2)18-23-16(12-26-18)8-9-20-17(25)14-10-21-19(22-11-14)24-15-6-4-3-5-7-15/h3-7,10-13H,8-9H2,1-2H3,(H,20,25)(H,21,22,24). The number of para-hydroxylation sites is 1. The van der Waals surface area contributed by atoms with Crippen molar-refractivity contribution in [2.75, 3.05) is 11.9 Å². The van der Waals surface area contributed by atoms with Gasteiger partial charge in [-0.3, -0.25) is 4.79 Å². The molecule has 0 unspecified atom stereocenters. The van der Waals surface area contributed by atoms with Crippen molar-refractivity contribution in [3.05, 3.63) is 64.4 Å². The zero-order chi connectivity index (χ0) is 18.4. The van der Waals surface area contributed by atoms with Crippen LogP contribution in [0.15, 0.2) is 48.1 Å². The van der Waals surface area contributed by atoms with Crippen LogP contribution < -0.4 is 10.6 Å². The van der Waals surface area contributed by atoms with E-state index in [4.69, 9.17) is 0 Å². The number of anilines is 2. The molecule has 0 aliphatic rings. The highest BCUT2D eigenvalue weighted by Gasteiger charge is 2.09. The molecule has 0 bridgehead atoms. The minimum absolute atomic E-state index is 0.185. The first-order chi connectivity index (χ1) is 12.6. The molecular formula is C19H21N5OS. The Bertz CT molecular complexity index is 846. The molecule has 0 saturated carbocycles. The number of thiazole rings is 1. The fourth-order valence-electron chi connectivity index (χ4n) is 2.27. The second-order valence-corrected chi connectivity index (χ2v) is 7.01. The maximum Gasteiger partial charge on any atom is 0.254 e. The van der Waals surface area contributed by atoms with Crippen LogP contribution in [0.1, 0.15) is 40.8 Å². The molecule has 26 heavy (non-hydrogen) atoms. The van der Waals surface area contributed by atoms with Crippen molar-refractivity contribution in [2.24, 2.45) is 0 Å². The third-order valence-electron chi connectivity index (χ3n) is 3.67. The van der Waals surface area contributed by atoms with Gasteiger partial charge in [0.1, 0.15) is 0 Å². The lowest BCUT2D eigenvalue weighted by Crippen LogP contribution is -2.26. The Morgan fingerprint density at radius 3 is 2.54 bits per heavy atom. The van der Waals surface area contributed by atoms with E-state index in [2.05, 4.69) is 44.8 Å². The summed E-state index contributed by atoms with van der Waals surface area (Å²) in [6.07, 6.45) is 3.75. The molecular weight excluding hydrogens is 346 g/mol. The zero-order valence-electron chi connectivity index (χ0n) is 14.8. The molecule has 3 aromatic rings. The molecule has 0 radical (unpaired) electrons. The molecule has 1 aromatic carbocycles. The molecule has 7 heteroatoms. The Hall–Kier alpha value is -2.80. The monoisotopic (exact) mass is 367 g/mol. The van der Waals surface area contributed by atoms with Crippen LogP contribution >= 0.6 is 11.3 Å². The number of carbonyl (C=O) groups excluding carboxylic acids is 1. The zero-order valence-corrected chi connectivity index (χ0v) is 15.6. The lowest BCUT2D eigenvalue weighted by Gasteiger charge is -2.06. The smallest absolute Gasteiger partial charge is 0.254 e. The van der Waals surface area contributed by atoms with Crippen molar-refractivity contribution in [3.8, 4) is 0 Å². The van der Waals surface area contributed by atoms with E-state index in [1.807, 2.05) is 30.3 Å². The Kier molecular flexibility index (Phi) is 5.91. The minimum atomic E-state index is -0.185. The highest BCUT2D eigenvalue weighted by Crippen LogP contribution is 2.19. The molecule has 0 saturated heterocycles. The summed E-state index contributed by atoms with van der Waals surface area (Å²) in [4.78, 5) is 25.1. The van der Waals surface area contributed by atoms with Crippen LogP contribution in [0.3, 0.4) is 0 Å². The van der Waals surface area contributed by atoms with Gasteiger partial charge in [-0.05, 0) is 12.1 Å². The Balaban J connectivity index is 1.49. The maximum atomic E-state index is 12.2. The largest absolute Gasteiger partial charge is 0.352 e. The van der Waals surface area contributed by atoms with Gasteiger partial charge in [-0.2, -0.15) is 0 Å². The Morgan fingerprint density at radius 1 is 1.15 bits per heavy atom. The van der Waals surface area contributed by atoms with Gasteiger partial charge in [0.05, 0.1) is 16.3 Å². The summed E-state index contributed by atoms with van der Waals surface area (Å²) in [6.45, 7) is 4.78. The molecule has 2 heterocycles. The van der Waals surface area contributed by atoms with Gasteiger partial charge in [-0.15, -0.1) is 11.3 Å². The quantitative estimate of drug-likeness (QED) is 0.664. The van der Waals surface area contributed by atoms with Gasteiger partial charge >= 0.3 is 0 Å². The number of hydrogen-bond acceptors (Lipinski definition) is 6. The fraction of sp³-hybridized carbons (Fsp3) is 0.263. The SMILES string of the molecule is CC(C)c1nc(CCNC(=O)c2cnc(Nc3ccccc3)nc2)cs1. The van der Waals surface area contributed by atoms with Gasteiger partial charge in [-0.1, -0.05) is 32.0 Å². The summed E-state index contributed by atoms with van der Waals surface area (Å²) in [5.74, 6) is 0.704. The van der Waals surface area contributed by atoms with E-state index in [0.29, 0.717) is 30.4 Å². The van der Waals surface area contributed by atoms with Crippen LogP contribution in [0, 0.1) is 0 Å². The van der Waals surface area contributed by atoms with Crippen molar-refractivity contribution < 1.29 is 4.79 Å².